The van der Waals surface area contributed by atoms with Crippen LogP contribution < -0.4 is 4.74 Å². The highest BCUT2D eigenvalue weighted by Crippen LogP contribution is 2.30. The third-order valence-electron chi connectivity index (χ3n) is 2.11. The maximum atomic E-state index is 8.66. The van der Waals surface area contributed by atoms with Gasteiger partial charge in [0.15, 0.2) is 0 Å². The molecule has 0 heterocycles. The van der Waals surface area contributed by atoms with Gasteiger partial charge in [-0.05, 0) is 31.0 Å². The van der Waals surface area contributed by atoms with Crippen LogP contribution in [-0.2, 0) is 6.42 Å². The number of nitrogens with zero attached hydrogens (tertiary/aromatic N) is 1. The fraction of sp³-hybridized carbons (Fsp3) is 0.364. The number of hydrogen-bond donors (Lipinski definition) is 0. The van der Waals surface area contributed by atoms with Gasteiger partial charge in [0.05, 0.1) is 18.6 Å². The highest BCUT2D eigenvalue weighted by molar-refractivity contribution is 9.10. The van der Waals surface area contributed by atoms with Crippen molar-refractivity contribution in [3.63, 3.8) is 0 Å². The summed E-state index contributed by atoms with van der Waals surface area (Å²) in [5.74, 6) is 0.859. The zero-order chi connectivity index (χ0) is 9.97. The van der Waals surface area contributed by atoms with Crippen molar-refractivity contribution in [1.82, 2.24) is 0 Å². The first-order valence-electron chi connectivity index (χ1n) is 4.61. The first kappa shape index (κ1) is 9.54. The van der Waals surface area contributed by atoms with Crippen molar-refractivity contribution in [3.05, 3.63) is 28.2 Å². The Balaban J connectivity index is 2.22. The minimum Gasteiger partial charge on any atom is -0.490 e. The van der Waals surface area contributed by atoms with E-state index in [9.17, 15) is 0 Å². The van der Waals surface area contributed by atoms with Gasteiger partial charge in [0.25, 0.3) is 0 Å². The molecule has 0 aromatic heterocycles. The number of hydrogen-bond acceptors (Lipinski definition) is 2. The van der Waals surface area contributed by atoms with E-state index in [2.05, 4.69) is 22.0 Å². The predicted molar refractivity (Wildman–Crippen MR) is 57.1 cm³/mol. The Hall–Kier alpha value is -1.01. The Bertz CT molecular complexity index is 379. The van der Waals surface area contributed by atoms with E-state index in [0.717, 1.165) is 28.6 Å². The molecular weight excluding hydrogens is 242 g/mol. The number of nitriles is 1. The highest BCUT2D eigenvalue weighted by Gasteiger charge is 2.24. The second-order valence-electron chi connectivity index (χ2n) is 3.40. The van der Waals surface area contributed by atoms with Crippen molar-refractivity contribution < 1.29 is 4.74 Å². The summed E-state index contributed by atoms with van der Waals surface area (Å²) in [7, 11) is 0. The molecule has 1 aromatic rings. The van der Waals surface area contributed by atoms with Crippen molar-refractivity contribution in [2.24, 2.45) is 0 Å². The fourth-order valence-corrected chi connectivity index (χ4v) is 1.66. The average molecular weight is 252 g/mol. The number of halogens is 1. The SMILES string of the molecule is N#CCc1cc(Br)ccc1OC1CC1. The van der Waals surface area contributed by atoms with Gasteiger partial charge in [-0.1, -0.05) is 15.9 Å². The van der Waals surface area contributed by atoms with E-state index in [1.165, 1.54) is 0 Å². The first-order valence-corrected chi connectivity index (χ1v) is 5.41. The summed E-state index contributed by atoms with van der Waals surface area (Å²) in [5, 5.41) is 8.66. The van der Waals surface area contributed by atoms with E-state index in [0.29, 0.717) is 12.5 Å². The Morgan fingerprint density at radius 3 is 2.93 bits per heavy atom. The zero-order valence-corrected chi connectivity index (χ0v) is 9.25. The maximum absolute atomic E-state index is 8.66. The molecule has 1 fully saturated rings. The van der Waals surface area contributed by atoms with Gasteiger partial charge >= 0.3 is 0 Å². The Labute approximate surface area is 91.6 Å². The summed E-state index contributed by atoms with van der Waals surface area (Å²) in [5.41, 5.74) is 0.966. The lowest BCUT2D eigenvalue weighted by Crippen LogP contribution is -1.99. The van der Waals surface area contributed by atoms with Gasteiger partial charge in [-0.15, -0.1) is 0 Å². The van der Waals surface area contributed by atoms with E-state index >= 15 is 0 Å². The summed E-state index contributed by atoms with van der Waals surface area (Å²) in [6, 6.07) is 7.96. The largest absolute Gasteiger partial charge is 0.490 e. The monoisotopic (exact) mass is 251 g/mol. The molecule has 1 aliphatic carbocycles. The molecule has 0 radical (unpaired) electrons. The molecule has 1 aliphatic rings. The molecule has 1 saturated carbocycles. The minimum absolute atomic E-state index is 0.383. The Morgan fingerprint density at radius 1 is 1.50 bits per heavy atom. The molecule has 0 bridgehead atoms. The lowest BCUT2D eigenvalue weighted by Gasteiger charge is -2.08. The molecule has 0 saturated heterocycles. The van der Waals surface area contributed by atoms with Gasteiger partial charge in [0.1, 0.15) is 5.75 Å². The molecule has 0 N–H and O–H groups in total. The minimum atomic E-state index is 0.383. The summed E-state index contributed by atoms with van der Waals surface area (Å²) in [6.07, 6.45) is 3.07. The smallest absolute Gasteiger partial charge is 0.124 e. The second kappa shape index (κ2) is 4.02. The maximum Gasteiger partial charge on any atom is 0.124 e. The normalized spacial score (nSPS) is 14.9. The number of benzene rings is 1. The summed E-state index contributed by atoms with van der Waals surface area (Å²) >= 11 is 3.38. The van der Waals surface area contributed by atoms with Crippen LogP contribution in [0.1, 0.15) is 18.4 Å². The van der Waals surface area contributed by atoms with Crippen molar-refractivity contribution in [2.45, 2.75) is 25.4 Å². The third-order valence-corrected chi connectivity index (χ3v) is 2.60. The van der Waals surface area contributed by atoms with Gasteiger partial charge in [-0.3, -0.25) is 0 Å². The van der Waals surface area contributed by atoms with Crippen LogP contribution in [0.25, 0.3) is 0 Å². The van der Waals surface area contributed by atoms with E-state index in [4.69, 9.17) is 10.00 Å². The van der Waals surface area contributed by atoms with Gasteiger partial charge in [-0.25, -0.2) is 0 Å². The van der Waals surface area contributed by atoms with Crippen LogP contribution in [0.3, 0.4) is 0 Å². The van der Waals surface area contributed by atoms with Crippen molar-refractivity contribution in [2.75, 3.05) is 0 Å². The van der Waals surface area contributed by atoms with Gasteiger partial charge in [0, 0.05) is 10.0 Å². The number of ether oxygens (including phenoxy) is 1. The fourth-order valence-electron chi connectivity index (χ4n) is 1.25. The van der Waals surface area contributed by atoms with E-state index in [1.54, 1.807) is 0 Å². The van der Waals surface area contributed by atoms with Crippen LogP contribution >= 0.6 is 15.9 Å². The van der Waals surface area contributed by atoms with Crippen LogP contribution in [-0.4, -0.2) is 6.10 Å². The molecule has 3 heteroatoms. The van der Waals surface area contributed by atoms with Crippen LogP contribution in [0, 0.1) is 11.3 Å². The molecule has 72 valence electrons. The molecule has 0 unspecified atom stereocenters. The van der Waals surface area contributed by atoms with Gasteiger partial charge in [0.2, 0.25) is 0 Å². The average Bonchev–Trinajstić information content (AvgIpc) is 2.94. The van der Waals surface area contributed by atoms with Crippen molar-refractivity contribution in [1.29, 1.82) is 5.26 Å². The molecule has 1 aromatic carbocycles. The third kappa shape index (κ3) is 2.27. The number of rotatable bonds is 3. The molecular formula is C11H10BrNO. The first-order chi connectivity index (χ1) is 6.79. The van der Waals surface area contributed by atoms with E-state index in [-0.39, 0.29) is 0 Å². The standard InChI is InChI=1S/C11H10BrNO/c12-9-1-4-11(14-10-2-3-10)8(7-9)5-6-13/h1,4,7,10H,2-3,5H2. The van der Waals surface area contributed by atoms with E-state index < -0.39 is 0 Å². The van der Waals surface area contributed by atoms with E-state index in [1.807, 2.05) is 18.2 Å². The molecule has 14 heavy (non-hydrogen) atoms. The molecule has 0 aliphatic heterocycles. The highest BCUT2D eigenvalue weighted by atomic mass is 79.9. The Kier molecular flexibility index (Phi) is 2.74. The predicted octanol–water partition coefficient (Wildman–Crippen LogP) is 3.06. The lowest BCUT2D eigenvalue weighted by molar-refractivity contribution is 0.300. The van der Waals surface area contributed by atoms with Crippen LogP contribution in [0.2, 0.25) is 0 Å². The summed E-state index contributed by atoms with van der Waals surface area (Å²) in [6.45, 7) is 0. The molecule has 0 atom stereocenters. The summed E-state index contributed by atoms with van der Waals surface area (Å²) < 4.78 is 6.68. The second-order valence-corrected chi connectivity index (χ2v) is 4.32. The van der Waals surface area contributed by atoms with Crippen molar-refractivity contribution >= 4 is 15.9 Å². The molecule has 2 nitrogen and oxygen atoms in total. The quantitative estimate of drug-likeness (QED) is 0.828. The summed E-state index contributed by atoms with van der Waals surface area (Å²) in [4.78, 5) is 0. The van der Waals surface area contributed by atoms with Gasteiger partial charge < -0.3 is 4.74 Å². The Morgan fingerprint density at radius 2 is 2.29 bits per heavy atom. The topological polar surface area (TPSA) is 33.0 Å². The molecule has 2 rings (SSSR count). The van der Waals surface area contributed by atoms with Crippen LogP contribution in [0.4, 0.5) is 0 Å². The molecule has 0 amide bonds. The lowest BCUT2D eigenvalue weighted by atomic mass is 10.1. The van der Waals surface area contributed by atoms with Crippen LogP contribution in [0.15, 0.2) is 22.7 Å². The zero-order valence-electron chi connectivity index (χ0n) is 7.66. The van der Waals surface area contributed by atoms with Crippen molar-refractivity contribution in [3.8, 4) is 11.8 Å². The van der Waals surface area contributed by atoms with Gasteiger partial charge in [-0.2, -0.15) is 5.26 Å². The van der Waals surface area contributed by atoms with Crippen LogP contribution in [0.5, 0.6) is 5.75 Å². The molecule has 0 spiro atoms.